The van der Waals surface area contributed by atoms with E-state index in [-0.39, 0.29) is 6.10 Å². The van der Waals surface area contributed by atoms with Crippen molar-refractivity contribution in [3.63, 3.8) is 0 Å². The summed E-state index contributed by atoms with van der Waals surface area (Å²) in [7, 11) is -2.28. The zero-order valence-electron chi connectivity index (χ0n) is 14.9. The largest absolute Gasteiger partial charge is 0.440 e. The average molecular weight is 328 g/mol. The van der Waals surface area contributed by atoms with Crippen LogP contribution in [0.5, 0.6) is 0 Å². The molecule has 0 atom stereocenters. The molecule has 5 heteroatoms. The lowest BCUT2D eigenvalue weighted by Gasteiger charge is -2.41. The van der Waals surface area contributed by atoms with Crippen molar-refractivity contribution < 1.29 is 4.43 Å². The minimum atomic E-state index is -2.28. The molecule has 130 valence electrons. The van der Waals surface area contributed by atoms with E-state index < -0.39 is 8.80 Å². The Morgan fingerprint density at radius 2 is 1.32 bits per heavy atom. The summed E-state index contributed by atoms with van der Waals surface area (Å²) in [5, 5.41) is 0. The normalized spacial score (nSPS) is 22.4. The van der Waals surface area contributed by atoms with Crippen molar-refractivity contribution in [3.05, 3.63) is 0 Å². The third-order valence-corrected chi connectivity index (χ3v) is 8.17. The number of nitrogens with one attached hydrogen (secondary N) is 3. The molecule has 0 aromatic heterocycles. The van der Waals surface area contributed by atoms with Crippen molar-refractivity contribution >= 4 is 8.80 Å². The first-order valence-corrected chi connectivity index (χ1v) is 11.5. The van der Waals surface area contributed by atoms with Gasteiger partial charge in [-0.25, -0.2) is 0 Å². The monoisotopic (exact) mass is 327 g/mol. The molecule has 4 nitrogen and oxygen atoms in total. The molecule has 0 heterocycles. The van der Waals surface area contributed by atoms with Crippen LogP contribution in [-0.4, -0.2) is 33.5 Å². The van der Waals surface area contributed by atoms with Gasteiger partial charge in [-0.3, -0.25) is 14.9 Å². The highest BCUT2D eigenvalue weighted by atomic mass is 28.4. The minimum absolute atomic E-state index is 0.248. The molecule has 2 rings (SSSR count). The lowest BCUT2D eigenvalue weighted by Crippen LogP contribution is -2.78. The molecule has 0 amide bonds. The van der Waals surface area contributed by atoms with Gasteiger partial charge in [0.1, 0.15) is 0 Å². The molecular formula is C17H37N3OSi. The lowest BCUT2D eigenvalue weighted by molar-refractivity contribution is 0.187. The molecule has 2 saturated carbocycles. The van der Waals surface area contributed by atoms with Gasteiger partial charge in [-0.1, -0.05) is 45.4 Å². The van der Waals surface area contributed by atoms with Gasteiger partial charge in [0.15, 0.2) is 0 Å². The molecule has 2 fully saturated rings. The van der Waals surface area contributed by atoms with E-state index in [1.165, 1.54) is 64.2 Å². The summed E-state index contributed by atoms with van der Waals surface area (Å²) >= 11 is 0. The zero-order valence-corrected chi connectivity index (χ0v) is 15.9. The molecule has 0 bridgehead atoms. The molecule has 0 radical (unpaired) electrons. The highest BCUT2D eigenvalue weighted by molar-refractivity contribution is 6.66. The van der Waals surface area contributed by atoms with E-state index in [0.29, 0.717) is 12.1 Å². The molecule has 22 heavy (non-hydrogen) atoms. The van der Waals surface area contributed by atoms with E-state index in [2.05, 4.69) is 35.7 Å². The fourth-order valence-electron chi connectivity index (χ4n) is 3.92. The summed E-state index contributed by atoms with van der Waals surface area (Å²) in [5.74, 6) is 0. The van der Waals surface area contributed by atoms with E-state index >= 15 is 0 Å². The summed E-state index contributed by atoms with van der Waals surface area (Å²) in [6.07, 6.45) is 13.7. The van der Waals surface area contributed by atoms with Crippen LogP contribution in [0.3, 0.4) is 0 Å². The predicted octanol–water partition coefficient (Wildman–Crippen LogP) is 3.30. The Bertz CT molecular complexity index is 282. The zero-order chi connectivity index (χ0) is 15.8. The molecule has 0 spiro atoms. The smallest absolute Gasteiger partial charge is 0.378 e. The summed E-state index contributed by atoms with van der Waals surface area (Å²) < 4.78 is 6.49. The third kappa shape index (κ3) is 5.93. The highest BCUT2D eigenvalue weighted by Gasteiger charge is 2.41. The van der Waals surface area contributed by atoms with E-state index in [4.69, 9.17) is 4.43 Å². The van der Waals surface area contributed by atoms with Crippen molar-refractivity contribution in [1.82, 2.24) is 14.9 Å². The molecule has 0 saturated heterocycles. The minimum Gasteiger partial charge on any atom is -0.378 e. The second kappa shape index (κ2) is 9.38. The van der Waals surface area contributed by atoms with Crippen LogP contribution >= 0.6 is 0 Å². The van der Waals surface area contributed by atoms with Gasteiger partial charge >= 0.3 is 8.80 Å². The van der Waals surface area contributed by atoms with E-state index in [1.54, 1.807) is 0 Å². The van der Waals surface area contributed by atoms with Crippen molar-refractivity contribution in [2.24, 2.45) is 0 Å². The second-order valence-corrected chi connectivity index (χ2v) is 9.87. The van der Waals surface area contributed by atoms with Gasteiger partial charge in [-0.15, -0.1) is 0 Å². The van der Waals surface area contributed by atoms with Crippen LogP contribution in [0.2, 0.25) is 0 Å². The predicted molar refractivity (Wildman–Crippen MR) is 95.7 cm³/mol. The first kappa shape index (κ1) is 18.4. The SMILES string of the molecule is CCN[Si](NC1CCCCC1)(NC1CCCCC1)OC(C)C. The Kier molecular flexibility index (Phi) is 7.84. The summed E-state index contributed by atoms with van der Waals surface area (Å²) in [6.45, 7) is 7.46. The van der Waals surface area contributed by atoms with Gasteiger partial charge in [0, 0.05) is 18.2 Å². The first-order chi connectivity index (χ1) is 10.6. The maximum atomic E-state index is 6.49. The second-order valence-electron chi connectivity index (χ2n) is 7.34. The van der Waals surface area contributed by atoms with Crippen molar-refractivity contribution in [2.75, 3.05) is 6.54 Å². The quantitative estimate of drug-likeness (QED) is 0.599. The molecule has 0 aliphatic heterocycles. The molecule has 0 aromatic rings. The average Bonchev–Trinajstić information content (AvgIpc) is 2.48. The molecule has 2 aliphatic rings. The van der Waals surface area contributed by atoms with Gasteiger partial charge in [0.25, 0.3) is 0 Å². The Labute approximate surface area is 138 Å². The van der Waals surface area contributed by atoms with Crippen LogP contribution in [-0.2, 0) is 4.43 Å². The van der Waals surface area contributed by atoms with Gasteiger partial charge in [0.2, 0.25) is 0 Å². The Balaban J connectivity index is 2.04. The molecule has 0 aromatic carbocycles. The van der Waals surface area contributed by atoms with Crippen LogP contribution in [0.25, 0.3) is 0 Å². The fraction of sp³-hybridized carbons (Fsp3) is 1.00. The number of hydrogen-bond donors (Lipinski definition) is 3. The van der Waals surface area contributed by atoms with E-state index in [9.17, 15) is 0 Å². The fourth-order valence-corrected chi connectivity index (χ4v) is 7.36. The van der Waals surface area contributed by atoms with Gasteiger partial charge in [0.05, 0.1) is 0 Å². The van der Waals surface area contributed by atoms with Gasteiger partial charge in [-0.05, 0) is 46.1 Å². The number of hydrogen-bond acceptors (Lipinski definition) is 4. The van der Waals surface area contributed by atoms with Crippen molar-refractivity contribution in [3.8, 4) is 0 Å². The summed E-state index contributed by atoms with van der Waals surface area (Å²) in [6, 6.07) is 1.24. The van der Waals surface area contributed by atoms with Crippen LogP contribution in [0.4, 0.5) is 0 Å². The van der Waals surface area contributed by atoms with E-state index in [0.717, 1.165) is 6.54 Å². The topological polar surface area (TPSA) is 45.3 Å². The van der Waals surface area contributed by atoms with Gasteiger partial charge < -0.3 is 4.43 Å². The molecule has 0 unspecified atom stereocenters. The molecular weight excluding hydrogens is 290 g/mol. The van der Waals surface area contributed by atoms with Crippen LogP contribution in [0, 0.1) is 0 Å². The number of rotatable bonds is 8. The summed E-state index contributed by atoms with van der Waals surface area (Å²) in [5.41, 5.74) is 0. The highest BCUT2D eigenvalue weighted by Crippen LogP contribution is 2.21. The Morgan fingerprint density at radius 1 is 0.864 bits per heavy atom. The van der Waals surface area contributed by atoms with Crippen LogP contribution < -0.4 is 14.9 Å². The van der Waals surface area contributed by atoms with Crippen LogP contribution in [0.1, 0.15) is 85.0 Å². The summed E-state index contributed by atoms with van der Waals surface area (Å²) in [4.78, 5) is 11.6. The van der Waals surface area contributed by atoms with Crippen molar-refractivity contribution in [1.29, 1.82) is 0 Å². The van der Waals surface area contributed by atoms with Crippen molar-refractivity contribution in [2.45, 2.75) is 103 Å². The van der Waals surface area contributed by atoms with Gasteiger partial charge in [-0.2, -0.15) is 0 Å². The van der Waals surface area contributed by atoms with E-state index in [1.807, 2.05) is 0 Å². The third-order valence-electron chi connectivity index (χ3n) is 4.86. The lowest BCUT2D eigenvalue weighted by atomic mass is 9.96. The molecule has 3 N–H and O–H groups in total. The Morgan fingerprint density at radius 3 is 1.68 bits per heavy atom. The van der Waals surface area contributed by atoms with Crippen LogP contribution in [0.15, 0.2) is 0 Å². The standard InChI is InChI=1S/C17H37N3OSi/c1-4-18-22(21-15(2)3,19-16-11-7-5-8-12-16)20-17-13-9-6-10-14-17/h15-20H,4-14H2,1-3H3. The maximum absolute atomic E-state index is 6.49. The molecule has 2 aliphatic carbocycles. The Hall–Kier alpha value is 0.0569. The maximum Gasteiger partial charge on any atom is 0.440 e. The first-order valence-electron chi connectivity index (χ1n) is 9.62.